The molecule has 0 aliphatic heterocycles. The van der Waals surface area contributed by atoms with Crippen molar-refractivity contribution in [2.45, 2.75) is 51.0 Å². The highest BCUT2D eigenvalue weighted by atomic mass is 32.2. The third kappa shape index (κ3) is 11.6. The Morgan fingerprint density at radius 3 is 1.81 bits per heavy atom. The Balaban J connectivity index is 1.88. The van der Waals surface area contributed by atoms with E-state index in [0.29, 0.717) is 18.7 Å². The van der Waals surface area contributed by atoms with E-state index < -0.39 is 28.1 Å². The van der Waals surface area contributed by atoms with Gasteiger partial charge in [0.15, 0.2) is 0 Å². The van der Waals surface area contributed by atoms with Crippen LogP contribution in [0.1, 0.15) is 68.9 Å². The minimum absolute atomic E-state index is 0.0937. The van der Waals surface area contributed by atoms with Crippen molar-refractivity contribution in [3.63, 3.8) is 0 Å². The molecule has 0 spiro atoms. The zero-order chi connectivity index (χ0) is 34.6. The lowest BCUT2D eigenvalue weighted by Crippen LogP contribution is -2.52. The van der Waals surface area contributed by atoms with E-state index in [1.165, 1.54) is 35.2 Å². The van der Waals surface area contributed by atoms with Crippen molar-refractivity contribution < 1.29 is 27.9 Å². The number of aliphatic hydroxyl groups is 1. The summed E-state index contributed by atoms with van der Waals surface area (Å²) in [6.45, 7) is 4.88. The van der Waals surface area contributed by atoms with Crippen LogP contribution >= 0.6 is 0 Å². The molecule has 254 valence electrons. The fourth-order valence-corrected chi connectivity index (χ4v) is 6.46. The molecule has 0 bridgehead atoms. The zero-order valence-electron chi connectivity index (χ0n) is 27.8. The molecule has 0 saturated carbocycles. The molecule has 3 rings (SSSR count). The number of carbonyl (C=O) groups is 3. The minimum Gasteiger partial charge on any atom is -0.390 e. The van der Waals surface area contributed by atoms with Gasteiger partial charge >= 0.3 is 0 Å². The number of sulfonamides is 1. The Hall–Kier alpha value is -4.10. The Morgan fingerprint density at radius 1 is 0.766 bits per heavy atom. The number of aliphatic hydroxyl groups excluding tert-OH is 1. The number of hydrazine groups is 1. The lowest BCUT2D eigenvalue weighted by molar-refractivity contribution is 0.0687. The number of rotatable bonds is 17. The Morgan fingerprint density at radius 2 is 1.28 bits per heavy atom. The zero-order valence-corrected chi connectivity index (χ0v) is 28.7. The SMILES string of the molecule is CCCN(CCC)C(=O)c1cc(C(=O)NC(Cc2ccccc2)C(O)CN(C)NS(=O)(=O)Cc2ccccc2)cc(C(=O)N(C)C)c1. The first-order chi connectivity index (χ1) is 22.3. The molecule has 0 aliphatic carbocycles. The van der Waals surface area contributed by atoms with Crippen molar-refractivity contribution in [3.8, 4) is 0 Å². The molecule has 47 heavy (non-hydrogen) atoms. The van der Waals surface area contributed by atoms with Crippen LogP contribution < -0.4 is 10.1 Å². The number of benzene rings is 3. The predicted molar refractivity (Wildman–Crippen MR) is 183 cm³/mol. The number of likely N-dealkylation sites (N-methyl/N-ethyl adjacent to an activating group) is 1. The average Bonchev–Trinajstić information content (AvgIpc) is 3.03. The molecule has 3 aromatic carbocycles. The van der Waals surface area contributed by atoms with E-state index in [9.17, 15) is 27.9 Å². The van der Waals surface area contributed by atoms with Gasteiger partial charge in [-0.25, -0.2) is 13.4 Å². The highest BCUT2D eigenvalue weighted by Gasteiger charge is 2.27. The minimum atomic E-state index is -3.77. The second-order valence-corrected chi connectivity index (χ2v) is 13.5. The van der Waals surface area contributed by atoms with Crippen LogP contribution in [0.2, 0.25) is 0 Å². The standard InChI is InChI=1S/C35H47N5O6S/c1-6-18-40(19-7-2)35(44)30-22-28(21-29(23-30)34(43)38(3)4)33(42)36-31(20-26-14-10-8-11-15-26)32(41)24-39(5)37-47(45,46)25-27-16-12-9-13-17-27/h8-17,21-23,31-32,37,41H,6-7,18-20,24-25H2,1-5H3,(H,36,42). The highest BCUT2D eigenvalue weighted by Crippen LogP contribution is 2.17. The molecule has 0 aromatic heterocycles. The van der Waals surface area contributed by atoms with Crippen LogP contribution in [0.25, 0.3) is 0 Å². The molecule has 0 radical (unpaired) electrons. The van der Waals surface area contributed by atoms with Gasteiger partial charge in [-0.05, 0) is 48.6 Å². The summed E-state index contributed by atoms with van der Waals surface area (Å²) in [4.78, 5) is 45.9. The topological polar surface area (TPSA) is 139 Å². The Kier molecular flexibility index (Phi) is 14.1. The second-order valence-electron chi connectivity index (χ2n) is 11.8. The molecule has 3 N–H and O–H groups in total. The summed E-state index contributed by atoms with van der Waals surface area (Å²) in [5, 5.41) is 15.5. The van der Waals surface area contributed by atoms with Gasteiger partial charge in [-0.3, -0.25) is 14.4 Å². The molecule has 3 aromatic rings. The summed E-state index contributed by atoms with van der Waals surface area (Å²) in [7, 11) is 0.909. The molecule has 0 fully saturated rings. The van der Waals surface area contributed by atoms with Gasteiger partial charge in [0, 0.05) is 57.5 Å². The van der Waals surface area contributed by atoms with Gasteiger partial charge in [-0.1, -0.05) is 74.5 Å². The second kappa shape index (κ2) is 17.7. The van der Waals surface area contributed by atoms with Gasteiger partial charge < -0.3 is 20.2 Å². The first-order valence-corrected chi connectivity index (χ1v) is 17.4. The van der Waals surface area contributed by atoms with E-state index in [1.807, 2.05) is 44.2 Å². The maximum Gasteiger partial charge on any atom is 0.253 e. The van der Waals surface area contributed by atoms with E-state index in [0.717, 1.165) is 18.4 Å². The normalized spacial score (nSPS) is 12.7. The number of hydrogen-bond acceptors (Lipinski definition) is 7. The number of nitrogens with one attached hydrogen (secondary N) is 2. The van der Waals surface area contributed by atoms with Crippen LogP contribution in [0.5, 0.6) is 0 Å². The first kappa shape index (κ1) is 37.4. The van der Waals surface area contributed by atoms with Crippen molar-refractivity contribution in [2.75, 3.05) is 40.8 Å². The smallest absolute Gasteiger partial charge is 0.253 e. The molecule has 2 unspecified atom stereocenters. The van der Waals surface area contributed by atoms with Gasteiger partial charge in [0.1, 0.15) is 0 Å². The summed E-state index contributed by atoms with van der Waals surface area (Å²) >= 11 is 0. The van der Waals surface area contributed by atoms with Crippen LogP contribution in [-0.2, 0) is 22.2 Å². The fourth-order valence-electron chi connectivity index (χ4n) is 5.21. The maximum atomic E-state index is 13.8. The van der Waals surface area contributed by atoms with Gasteiger partial charge in [0.25, 0.3) is 17.7 Å². The molecule has 12 heteroatoms. The summed E-state index contributed by atoms with van der Waals surface area (Å²) in [5.74, 6) is -1.47. The van der Waals surface area contributed by atoms with Gasteiger partial charge in [0.2, 0.25) is 10.0 Å². The van der Waals surface area contributed by atoms with E-state index in [2.05, 4.69) is 10.1 Å². The Bertz CT molecular complexity index is 1580. The third-order valence-electron chi connectivity index (χ3n) is 7.40. The largest absolute Gasteiger partial charge is 0.390 e. The van der Waals surface area contributed by atoms with Crippen molar-refractivity contribution in [1.29, 1.82) is 0 Å². The molecular weight excluding hydrogens is 618 g/mol. The number of nitrogens with zero attached hydrogens (tertiary/aromatic N) is 3. The molecule has 0 aliphatic rings. The monoisotopic (exact) mass is 665 g/mol. The first-order valence-electron chi connectivity index (χ1n) is 15.8. The molecule has 0 saturated heterocycles. The van der Waals surface area contributed by atoms with E-state index in [1.54, 1.807) is 49.3 Å². The van der Waals surface area contributed by atoms with Gasteiger partial charge in [-0.15, -0.1) is 4.83 Å². The number of hydrogen-bond donors (Lipinski definition) is 3. The summed E-state index contributed by atoms with van der Waals surface area (Å²) < 4.78 is 25.6. The maximum absolute atomic E-state index is 13.8. The molecule has 2 atom stereocenters. The van der Waals surface area contributed by atoms with Crippen molar-refractivity contribution in [2.24, 2.45) is 0 Å². The van der Waals surface area contributed by atoms with E-state index >= 15 is 0 Å². The summed E-state index contributed by atoms with van der Waals surface area (Å²) in [5.41, 5.74) is 1.95. The number of amides is 3. The molecule has 11 nitrogen and oxygen atoms in total. The summed E-state index contributed by atoms with van der Waals surface area (Å²) in [6, 6.07) is 21.6. The lowest BCUT2D eigenvalue weighted by Gasteiger charge is -2.28. The van der Waals surface area contributed by atoms with E-state index in [4.69, 9.17) is 0 Å². The predicted octanol–water partition coefficient (Wildman–Crippen LogP) is 3.32. The number of carbonyl (C=O) groups excluding carboxylic acids is 3. The van der Waals surface area contributed by atoms with Crippen LogP contribution in [0, 0.1) is 0 Å². The molecule has 0 heterocycles. The molecular formula is C35H47N5O6S. The quantitative estimate of drug-likeness (QED) is 0.188. The van der Waals surface area contributed by atoms with Crippen molar-refractivity contribution >= 4 is 27.7 Å². The van der Waals surface area contributed by atoms with Gasteiger partial charge in [0.05, 0.1) is 17.9 Å². The van der Waals surface area contributed by atoms with Crippen LogP contribution in [0.3, 0.4) is 0 Å². The average molecular weight is 666 g/mol. The summed E-state index contributed by atoms with van der Waals surface area (Å²) in [6.07, 6.45) is 0.540. The van der Waals surface area contributed by atoms with Gasteiger partial charge in [-0.2, -0.15) is 0 Å². The van der Waals surface area contributed by atoms with E-state index in [-0.39, 0.29) is 47.2 Å². The molecule has 3 amide bonds. The van der Waals surface area contributed by atoms with Crippen molar-refractivity contribution in [1.82, 2.24) is 25.0 Å². The fraction of sp³-hybridized carbons (Fsp3) is 0.400. The van der Waals surface area contributed by atoms with Crippen LogP contribution in [0.4, 0.5) is 0 Å². The third-order valence-corrected chi connectivity index (χ3v) is 8.71. The lowest BCUT2D eigenvalue weighted by atomic mass is 9.99. The van der Waals surface area contributed by atoms with Crippen LogP contribution in [-0.4, -0.2) is 99.0 Å². The van der Waals surface area contributed by atoms with Crippen molar-refractivity contribution in [3.05, 3.63) is 107 Å². The van der Waals surface area contributed by atoms with Crippen LogP contribution in [0.15, 0.2) is 78.9 Å². The highest BCUT2D eigenvalue weighted by molar-refractivity contribution is 7.88. The Labute approximate surface area is 278 Å².